The van der Waals surface area contributed by atoms with E-state index in [2.05, 4.69) is 19.1 Å². The lowest BCUT2D eigenvalue weighted by atomic mass is 9.84. The van der Waals surface area contributed by atoms with Crippen LogP contribution in [0.1, 0.15) is 24.0 Å². The zero-order valence-electron chi connectivity index (χ0n) is 13.6. The third-order valence-electron chi connectivity index (χ3n) is 4.65. The van der Waals surface area contributed by atoms with Crippen LogP contribution in [0.25, 0.3) is 0 Å². The van der Waals surface area contributed by atoms with Crippen LogP contribution < -0.4 is 0 Å². The molecule has 0 bridgehead atoms. The van der Waals surface area contributed by atoms with Crippen molar-refractivity contribution in [3.8, 4) is 0 Å². The van der Waals surface area contributed by atoms with Crippen molar-refractivity contribution in [2.45, 2.75) is 19.4 Å². The van der Waals surface area contributed by atoms with Gasteiger partial charge in [-0.2, -0.15) is 0 Å². The monoisotopic (exact) mass is 317 g/mol. The van der Waals surface area contributed by atoms with Gasteiger partial charge in [-0.15, -0.1) is 0 Å². The summed E-state index contributed by atoms with van der Waals surface area (Å²) in [5, 5.41) is 0. The van der Waals surface area contributed by atoms with Gasteiger partial charge in [0.05, 0.1) is 6.26 Å². The molecule has 1 atom stereocenters. The molecule has 0 saturated carbocycles. The summed E-state index contributed by atoms with van der Waals surface area (Å²) in [6.45, 7) is 3.29. The van der Waals surface area contributed by atoms with Crippen molar-refractivity contribution in [2.75, 3.05) is 6.54 Å². The maximum absolute atomic E-state index is 12.7. The van der Waals surface area contributed by atoms with Crippen molar-refractivity contribution >= 4 is 5.91 Å². The van der Waals surface area contributed by atoms with Gasteiger partial charge in [0, 0.05) is 24.6 Å². The lowest BCUT2D eigenvalue weighted by Crippen LogP contribution is -2.27. The van der Waals surface area contributed by atoms with E-state index in [1.807, 2.05) is 53.4 Å². The zero-order chi connectivity index (χ0) is 16.5. The fraction of sp³-hybridized carbons (Fsp3) is 0.190. The molecule has 2 aromatic rings. The Labute approximate surface area is 141 Å². The summed E-state index contributed by atoms with van der Waals surface area (Å²) >= 11 is 0. The summed E-state index contributed by atoms with van der Waals surface area (Å²) < 4.78 is 5.67. The molecule has 2 aliphatic heterocycles. The van der Waals surface area contributed by atoms with E-state index in [4.69, 9.17) is 4.74 Å². The summed E-state index contributed by atoms with van der Waals surface area (Å²) in [4.78, 5) is 14.6. The third-order valence-corrected chi connectivity index (χ3v) is 4.65. The minimum absolute atomic E-state index is 0.0152. The summed E-state index contributed by atoms with van der Waals surface area (Å²) in [6, 6.07) is 20.4. The molecule has 0 saturated heterocycles. The summed E-state index contributed by atoms with van der Waals surface area (Å²) in [6.07, 6.45) is 1.72. The van der Waals surface area contributed by atoms with E-state index in [1.54, 1.807) is 6.26 Å². The number of benzene rings is 2. The largest absolute Gasteiger partial charge is 0.459 e. The highest BCUT2D eigenvalue weighted by Gasteiger charge is 2.38. The fourth-order valence-electron chi connectivity index (χ4n) is 3.51. The SMILES string of the molecule is CC1=COC2=C(CN(Cc3ccccc3)C2=O)[C@@H]1c1ccccc1. The molecule has 2 heterocycles. The lowest BCUT2D eigenvalue weighted by molar-refractivity contribution is -0.128. The van der Waals surface area contributed by atoms with Crippen LogP contribution in [0.2, 0.25) is 0 Å². The van der Waals surface area contributed by atoms with Gasteiger partial charge < -0.3 is 9.64 Å². The van der Waals surface area contributed by atoms with Crippen LogP contribution in [0, 0.1) is 0 Å². The Kier molecular flexibility index (Phi) is 3.69. The number of nitrogens with zero attached hydrogens (tertiary/aromatic N) is 1. The summed E-state index contributed by atoms with van der Waals surface area (Å²) in [7, 11) is 0. The summed E-state index contributed by atoms with van der Waals surface area (Å²) in [5.41, 5.74) is 4.54. The second-order valence-electron chi connectivity index (χ2n) is 6.32. The van der Waals surface area contributed by atoms with Crippen LogP contribution in [0.5, 0.6) is 0 Å². The Morgan fingerprint density at radius 2 is 1.71 bits per heavy atom. The number of hydrogen-bond donors (Lipinski definition) is 0. The molecule has 0 fully saturated rings. The van der Waals surface area contributed by atoms with E-state index < -0.39 is 0 Å². The first kappa shape index (κ1) is 14.8. The van der Waals surface area contributed by atoms with Gasteiger partial charge in [-0.1, -0.05) is 60.7 Å². The number of carbonyl (C=O) groups excluding carboxylic acids is 1. The second-order valence-corrected chi connectivity index (χ2v) is 6.32. The van der Waals surface area contributed by atoms with E-state index in [9.17, 15) is 4.79 Å². The molecule has 4 rings (SSSR count). The van der Waals surface area contributed by atoms with Crippen LogP contribution in [-0.2, 0) is 16.1 Å². The molecule has 3 nitrogen and oxygen atoms in total. The molecule has 0 radical (unpaired) electrons. The number of amides is 1. The second kappa shape index (κ2) is 6.00. The Morgan fingerprint density at radius 3 is 2.42 bits per heavy atom. The standard InChI is InChI=1S/C21H19NO2/c1-15-14-24-20-18(19(15)17-10-6-3-7-11-17)13-22(21(20)23)12-16-8-4-2-5-9-16/h2-11,14,19H,12-13H2,1H3/t19-/m0/s1. The van der Waals surface area contributed by atoms with Crippen molar-refractivity contribution in [3.05, 3.63) is 95.0 Å². The van der Waals surface area contributed by atoms with Gasteiger partial charge in [-0.05, 0) is 23.6 Å². The highest BCUT2D eigenvalue weighted by molar-refractivity contribution is 5.96. The molecule has 2 aliphatic rings. The first-order chi connectivity index (χ1) is 11.7. The van der Waals surface area contributed by atoms with Crippen LogP contribution in [0.3, 0.4) is 0 Å². The van der Waals surface area contributed by atoms with Crippen molar-refractivity contribution in [1.29, 1.82) is 0 Å². The molecule has 0 unspecified atom stereocenters. The van der Waals surface area contributed by atoms with Crippen molar-refractivity contribution < 1.29 is 9.53 Å². The number of ether oxygens (including phenoxy) is 1. The summed E-state index contributed by atoms with van der Waals surface area (Å²) in [5.74, 6) is 0.614. The van der Waals surface area contributed by atoms with Gasteiger partial charge in [-0.3, -0.25) is 4.79 Å². The molecule has 0 N–H and O–H groups in total. The third kappa shape index (κ3) is 2.52. The normalized spacial score (nSPS) is 19.9. The predicted molar refractivity (Wildman–Crippen MR) is 92.9 cm³/mol. The Hall–Kier alpha value is -2.81. The first-order valence-electron chi connectivity index (χ1n) is 8.18. The molecule has 3 heteroatoms. The highest BCUT2D eigenvalue weighted by atomic mass is 16.5. The number of rotatable bonds is 3. The van der Waals surface area contributed by atoms with E-state index in [-0.39, 0.29) is 11.8 Å². The van der Waals surface area contributed by atoms with Gasteiger partial charge in [0.25, 0.3) is 5.91 Å². The Balaban J connectivity index is 1.63. The van der Waals surface area contributed by atoms with Crippen molar-refractivity contribution in [1.82, 2.24) is 4.90 Å². The van der Waals surface area contributed by atoms with E-state index in [1.165, 1.54) is 5.56 Å². The highest BCUT2D eigenvalue weighted by Crippen LogP contribution is 2.41. The van der Waals surface area contributed by atoms with Crippen molar-refractivity contribution in [2.24, 2.45) is 0 Å². The maximum Gasteiger partial charge on any atom is 0.290 e. The number of allylic oxidation sites excluding steroid dienone is 1. The van der Waals surface area contributed by atoms with Gasteiger partial charge in [0.1, 0.15) is 0 Å². The van der Waals surface area contributed by atoms with Crippen LogP contribution in [0.4, 0.5) is 0 Å². The smallest absolute Gasteiger partial charge is 0.290 e. The Morgan fingerprint density at radius 1 is 1.04 bits per heavy atom. The lowest BCUT2D eigenvalue weighted by Gasteiger charge is -2.24. The number of hydrogen-bond acceptors (Lipinski definition) is 2. The minimum Gasteiger partial charge on any atom is -0.459 e. The van der Waals surface area contributed by atoms with Gasteiger partial charge in [-0.25, -0.2) is 0 Å². The van der Waals surface area contributed by atoms with Gasteiger partial charge in [0.15, 0.2) is 5.76 Å². The van der Waals surface area contributed by atoms with Gasteiger partial charge >= 0.3 is 0 Å². The molecule has 120 valence electrons. The first-order valence-corrected chi connectivity index (χ1v) is 8.18. The molecule has 0 spiro atoms. The topological polar surface area (TPSA) is 29.5 Å². The fourth-order valence-corrected chi connectivity index (χ4v) is 3.51. The zero-order valence-corrected chi connectivity index (χ0v) is 13.6. The Bertz CT molecular complexity index is 821. The maximum atomic E-state index is 12.7. The average Bonchev–Trinajstić information content (AvgIpc) is 2.92. The molecule has 0 aliphatic carbocycles. The molecule has 2 aromatic carbocycles. The van der Waals surface area contributed by atoms with Crippen LogP contribution in [0.15, 0.2) is 83.8 Å². The van der Waals surface area contributed by atoms with Crippen LogP contribution in [-0.4, -0.2) is 17.4 Å². The van der Waals surface area contributed by atoms with Crippen LogP contribution >= 0.6 is 0 Å². The molecule has 24 heavy (non-hydrogen) atoms. The quantitative estimate of drug-likeness (QED) is 0.856. The molecule has 0 aromatic heterocycles. The van der Waals surface area contributed by atoms with E-state index >= 15 is 0 Å². The van der Waals surface area contributed by atoms with E-state index in [0.717, 1.165) is 16.7 Å². The minimum atomic E-state index is -0.0152. The number of carbonyl (C=O) groups is 1. The van der Waals surface area contributed by atoms with Gasteiger partial charge in [0.2, 0.25) is 0 Å². The average molecular weight is 317 g/mol. The molecular weight excluding hydrogens is 298 g/mol. The molecule has 1 amide bonds. The van der Waals surface area contributed by atoms with E-state index in [0.29, 0.717) is 18.8 Å². The van der Waals surface area contributed by atoms with Crippen molar-refractivity contribution in [3.63, 3.8) is 0 Å². The predicted octanol–water partition coefficient (Wildman–Crippen LogP) is 4.00. The molecular formula is C21H19NO2.